The van der Waals surface area contributed by atoms with Crippen LogP contribution in [-0.2, 0) is 0 Å². The van der Waals surface area contributed by atoms with Crippen molar-refractivity contribution in [1.82, 2.24) is 9.47 Å². The average Bonchev–Trinajstić information content (AvgIpc) is 2.67. The second kappa shape index (κ2) is 5.92. The predicted octanol–water partition coefficient (Wildman–Crippen LogP) is 2.93. The number of rotatable bonds is 4. The molecule has 0 spiro atoms. The van der Waals surface area contributed by atoms with Gasteiger partial charge >= 0.3 is 0 Å². The quantitative estimate of drug-likeness (QED) is 0.784. The number of amides is 1. The van der Waals surface area contributed by atoms with Gasteiger partial charge in [-0.3, -0.25) is 4.79 Å². The van der Waals surface area contributed by atoms with Crippen LogP contribution in [0.3, 0.4) is 0 Å². The summed E-state index contributed by atoms with van der Waals surface area (Å²) in [6.45, 7) is 6.97. The van der Waals surface area contributed by atoms with E-state index in [2.05, 4.69) is 21.9 Å². The van der Waals surface area contributed by atoms with Crippen molar-refractivity contribution in [3.63, 3.8) is 0 Å². The largest absolute Gasteiger partial charge is 0.340 e. The zero-order valence-corrected chi connectivity index (χ0v) is 12.0. The van der Waals surface area contributed by atoms with Gasteiger partial charge in [-0.15, -0.1) is 6.42 Å². The maximum absolute atomic E-state index is 12.3. The first-order chi connectivity index (χ1) is 8.01. The number of hydrogen-bond donors (Lipinski definition) is 0. The summed E-state index contributed by atoms with van der Waals surface area (Å²) in [6.07, 6.45) is 7.18. The van der Waals surface area contributed by atoms with Crippen molar-refractivity contribution < 1.29 is 4.79 Å². The first-order valence-corrected chi connectivity index (χ1v) is 6.40. The molecule has 1 aromatic rings. The molecule has 4 heteroatoms. The predicted molar refractivity (Wildman–Crippen MR) is 72.9 cm³/mol. The summed E-state index contributed by atoms with van der Waals surface area (Å²) in [5.74, 6) is 2.49. The van der Waals surface area contributed by atoms with Crippen LogP contribution < -0.4 is 0 Å². The van der Waals surface area contributed by atoms with Crippen LogP contribution in [0.4, 0.5) is 0 Å². The molecule has 1 aromatic heterocycles. The number of terminal acetylenes is 1. The van der Waals surface area contributed by atoms with Gasteiger partial charge in [-0.25, -0.2) is 0 Å². The molecule has 92 valence electrons. The number of halogens is 1. The molecule has 0 aliphatic heterocycles. The van der Waals surface area contributed by atoms with E-state index in [9.17, 15) is 4.79 Å². The third-order valence-corrected chi connectivity index (χ3v) is 2.98. The second-order valence-corrected chi connectivity index (χ2v) is 4.98. The Balaban J connectivity index is 3.07. The molecule has 1 heterocycles. The molecule has 0 saturated heterocycles. The van der Waals surface area contributed by atoms with E-state index in [1.165, 1.54) is 0 Å². The standard InChI is InChI=1S/C13H17BrN2O/c1-5-7-15(6-2)13(17)12-8-11(14)9-16(12)10(3)4/h1,8-10H,6-7H2,2-4H3. The van der Waals surface area contributed by atoms with Gasteiger partial charge < -0.3 is 9.47 Å². The normalized spacial score (nSPS) is 10.4. The molecule has 17 heavy (non-hydrogen) atoms. The lowest BCUT2D eigenvalue weighted by atomic mass is 10.3. The molecule has 0 fully saturated rings. The minimum absolute atomic E-state index is 0.0233. The summed E-state index contributed by atoms with van der Waals surface area (Å²) < 4.78 is 2.86. The maximum atomic E-state index is 12.3. The molecule has 0 aromatic carbocycles. The smallest absolute Gasteiger partial charge is 0.271 e. The van der Waals surface area contributed by atoms with Crippen LogP contribution in [-0.4, -0.2) is 28.5 Å². The van der Waals surface area contributed by atoms with E-state index in [1.807, 2.05) is 37.6 Å². The summed E-state index contributed by atoms with van der Waals surface area (Å²) in [7, 11) is 0. The summed E-state index contributed by atoms with van der Waals surface area (Å²) in [5.41, 5.74) is 0.670. The monoisotopic (exact) mass is 296 g/mol. The van der Waals surface area contributed by atoms with Gasteiger partial charge in [0.1, 0.15) is 5.69 Å². The van der Waals surface area contributed by atoms with E-state index in [4.69, 9.17) is 6.42 Å². The lowest BCUT2D eigenvalue weighted by molar-refractivity contribution is 0.0772. The van der Waals surface area contributed by atoms with Crippen molar-refractivity contribution in [3.05, 3.63) is 22.4 Å². The van der Waals surface area contributed by atoms with Crippen LogP contribution >= 0.6 is 15.9 Å². The van der Waals surface area contributed by atoms with Crippen LogP contribution in [0, 0.1) is 12.3 Å². The van der Waals surface area contributed by atoms with E-state index in [0.717, 1.165) is 4.47 Å². The molecule has 1 amide bonds. The Hall–Kier alpha value is -1.21. The van der Waals surface area contributed by atoms with Crippen LogP contribution in [0.5, 0.6) is 0 Å². The van der Waals surface area contributed by atoms with Gasteiger partial charge in [-0.2, -0.15) is 0 Å². The zero-order valence-electron chi connectivity index (χ0n) is 10.4. The highest BCUT2D eigenvalue weighted by Crippen LogP contribution is 2.20. The number of aromatic nitrogens is 1. The third-order valence-electron chi connectivity index (χ3n) is 2.54. The van der Waals surface area contributed by atoms with Crippen molar-refractivity contribution in [2.45, 2.75) is 26.8 Å². The van der Waals surface area contributed by atoms with E-state index in [1.54, 1.807) is 4.90 Å². The Morgan fingerprint density at radius 3 is 2.76 bits per heavy atom. The molecular weight excluding hydrogens is 280 g/mol. The van der Waals surface area contributed by atoms with Gasteiger partial charge in [0.25, 0.3) is 5.91 Å². The zero-order chi connectivity index (χ0) is 13.0. The fraction of sp³-hybridized carbons (Fsp3) is 0.462. The second-order valence-electron chi connectivity index (χ2n) is 4.07. The van der Waals surface area contributed by atoms with E-state index >= 15 is 0 Å². The Morgan fingerprint density at radius 2 is 2.29 bits per heavy atom. The first kappa shape index (κ1) is 13.9. The fourth-order valence-corrected chi connectivity index (χ4v) is 2.08. The number of nitrogens with zero attached hydrogens (tertiary/aromatic N) is 2. The van der Waals surface area contributed by atoms with Crippen molar-refractivity contribution in [1.29, 1.82) is 0 Å². The highest BCUT2D eigenvalue weighted by atomic mass is 79.9. The fourth-order valence-electron chi connectivity index (χ4n) is 1.64. The molecule has 0 aliphatic rings. The van der Waals surface area contributed by atoms with Crippen molar-refractivity contribution in [2.75, 3.05) is 13.1 Å². The Morgan fingerprint density at radius 1 is 1.65 bits per heavy atom. The van der Waals surface area contributed by atoms with Gasteiger partial charge in [-0.05, 0) is 42.8 Å². The summed E-state index contributed by atoms with van der Waals surface area (Å²) in [5, 5.41) is 0. The maximum Gasteiger partial charge on any atom is 0.271 e. The molecular formula is C13H17BrN2O. The number of carbonyl (C=O) groups excluding carboxylic acids is 1. The van der Waals surface area contributed by atoms with Crippen LogP contribution in [0.15, 0.2) is 16.7 Å². The third kappa shape index (κ3) is 3.13. The molecule has 0 saturated carbocycles. The summed E-state index contributed by atoms with van der Waals surface area (Å²) in [4.78, 5) is 13.9. The van der Waals surface area contributed by atoms with E-state index in [0.29, 0.717) is 18.8 Å². The first-order valence-electron chi connectivity index (χ1n) is 5.61. The Labute approximate surface area is 111 Å². The van der Waals surface area contributed by atoms with Crippen molar-refractivity contribution in [3.8, 4) is 12.3 Å². The van der Waals surface area contributed by atoms with E-state index in [-0.39, 0.29) is 11.9 Å². The minimum Gasteiger partial charge on any atom is -0.340 e. The number of carbonyl (C=O) groups is 1. The summed E-state index contributed by atoms with van der Waals surface area (Å²) >= 11 is 3.40. The highest BCUT2D eigenvalue weighted by Gasteiger charge is 2.19. The lowest BCUT2D eigenvalue weighted by Gasteiger charge is -2.20. The van der Waals surface area contributed by atoms with Gasteiger partial charge in [0.15, 0.2) is 0 Å². The Bertz CT molecular complexity index is 443. The molecule has 0 N–H and O–H groups in total. The van der Waals surface area contributed by atoms with Crippen molar-refractivity contribution >= 4 is 21.8 Å². The van der Waals surface area contributed by atoms with Gasteiger partial charge in [0, 0.05) is 23.3 Å². The molecule has 0 unspecified atom stereocenters. The van der Waals surface area contributed by atoms with Crippen LogP contribution in [0.1, 0.15) is 37.3 Å². The minimum atomic E-state index is -0.0233. The summed E-state index contributed by atoms with van der Waals surface area (Å²) in [6, 6.07) is 2.08. The van der Waals surface area contributed by atoms with Crippen molar-refractivity contribution in [2.24, 2.45) is 0 Å². The average molecular weight is 297 g/mol. The number of hydrogen-bond acceptors (Lipinski definition) is 1. The van der Waals surface area contributed by atoms with Gasteiger partial charge in [0.05, 0.1) is 6.54 Å². The highest BCUT2D eigenvalue weighted by molar-refractivity contribution is 9.10. The lowest BCUT2D eigenvalue weighted by Crippen LogP contribution is -2.32. The molecule has 0 radical (unpaired) electrons. The Kier molecular flexibility index (Phi) is 4.83. The van der Waals surface area contributed by atoms with Crippen LogP contribution in [0.2, 0.25) is 0 Å². The SMILES string of the molecule is C#CCN(CC)C(=O)c1cc(Br)cn1C(C)C. The molecule has 0 aliphatic carbocycles. The van der Waals surface area contributed by atoms with Crippen LogP contribution in [0.25, 0.3) is 0 Å². The van der Waals surface area contributed by atoms with Gasteiger partial charge in [0.2, 0.25) is 0 Å². The molecule has 0 atom stereocenters. The molecule has 3 nitrogen and oxygen atoms in total. The topological polar surface area (TPSA) is 25.2 Å². The van der Waals surface area contributed by atoms with Gasteiger partial charge in [-0.1, -0.05) is 5.92 Å². The molecule has 1 rings (SSSR count). The molecule has 0 bridgehead atoms. The van der Waals surface area contributed by atoms with E-state index < -0.39 is 0 Å².